The number of rotatable bonds is 5. The van der Waals surface area contributed by atoms with Gasteiger partial charge in [0.05, 0.1) is 0 Å². The van der Waals surface area contributed by atoms with E-state index in [1.165, 1.54) is 26.1 Å². The van der Waals surface area contributed by atoms with Crippen LogP contribution in [0.15, 0.2) is 0 Å². The molecule has 0 fully saturated rings. The Kier molecular flexibility index (Phi) is 16.3. The minimum atomic E-state index is 0. The molecule has 0 aliphatic rings. The molecule has 1 atom stereocenters. The smallest absolute Gasteiger partial charge is 0.000668 e. The zero-order valence-corrected chi connectivity index (χ0v) is 7.85. The summed E-state index contributed by atoms with van der Waals surface area (Å²) in [6.07, 6.45) is 1.30. The van der Waals surface area contributed by atoms with Crippen LogP contribution in [-0.4, -0.2) is 24.5 Å². The van der Waals surface area contributed by atoms with E-state index in [0.717, 1.165) is 5.92 Å². The summed E-state index contributed by atoms with van der Waals surface area (Å²) in [4.78, 5) is 2.48. The fourth-order valence-electron chi connectivity index (χ4n) is 1.05. The molecule has 0 aromatic heterocycles. The lowest BCUT2D eigenvalue weighted by Crippen LogP contribution is -2.27. The molecule has 0 aliphatic carbocycles. The highest BCUT2D eigenvalue weighted by Gasteiger charge is 2.03. The molecule has 0 radical (unpaired) electrons. The molecule has 1 nitrogen and oxygen atoms in total. The van der Waals surface area contributed by atoms with Gasteiger partial charge in [-0.15, -0.1) is 0 Å². The zero-order valence-electron chi connectivity index (χ0n) is 7.85. The van der Waals surface area contributed by atoms with Crippen molar-refractivity contribution in [1.29, 1.82) is 0 Å². The molecule has 1 heteroatoms. The second kappa shape index (κ2) is 11.0. The van der Waals surface area contributed by atoms with E-state index in [1.54, 1.807) is 0 Å². The highest BCUT2D eigenvalue weighted by atomic mass is 15.1. The molecule has 0 amide bonds. The van der Waals surface area contributed by atoms with Crippen molar-refractivity contribution in [3.8, 4) is 0 Å². The van der Waals surface area contributed by atoms with Crippen molar-refractivity contribution in [1.82, 2.24) is 4.90 Å². The molecule has 0 N–H and O–H groups in total. The van der Waals surface area contributed by atoms with Gasteiger partial charge in [-0.05, 0) is 19.0 Å². The molecule has 0 aliphatic heterocycles. The first-order valence-electron chi connectivity index (χ1n) is 4.46. The van der Waals surface area contributed by atoms with Gasteiger partial charge in [0, 0.05) is 6.54 Å². The maximum atomic E-state index is 2.48. The van der Waals surface area contributed by atoms with Gasteiger partial charge in [0.2, 0.25) is 0 Å². The van der Waals surface area contributed by atoms with E-state index in [4.69, 9.17) is 0 Å². The second-order valence-electron chi connectivity index (χ2n) is 3.00. The van der Waals surface area contributed by atoms with Crippen LogP contribution in [0.4, 0.5) is 0 Å². The van der Waals surface area contributed by atoms with Gasteiger partial charge in [0.1, 0.15) is 0 Å². The van der Waals surface area contributed by atoms with E-state index in [-0.39, 0.29) is 14.9 Å². The first kappa shape index (κ1) is 17.9. The molecule has 0 saturated heterocycles. The van der Waals surface area contributed by atoms with Gasteiger partial charge in [0.25, 0.3) is 0 Å². The first-order chi connectivity index (χ1) is 4.74. The summed E-state index contributed by atoms with van der Waals surface area (Å²) in [7, 11) is 0. The first-order valence-corrected chi connectivity index (χ1v) is 4.46. The van der Waals surface area contributed by atoms with E-state index in [2.05, 4.69) is 32.6 Å². The molecule has 0 aromatic carbocycles. The third-order valence-corrected chi connectivity index (χ3v) is 2.16. The molecule has 0 rings (SSSR count). The van der Waals surface area contributed by atoms with Crippen LogP contribution in [0.5, 0.6) is 0 Å². The maximum absolute atomic E-state index is 2.48. The van der Waals surface area contributed by atoms with Crippen LogP contribution in [0.1, 0.15) is 49.0 Å². The number of hydrogen-bond acceptors (Lipinski definition) is 1. The topological polar surface area (TPSA) is 3.24 Å². The molecule has 1 unspecified atom stereocenters. The van der Waals surface area contributed by atoms with Gasteiger partial charge < -0.3 is 4.90 Å². The van der Waals surface area contributed by atoms with E-state index in [9.17, 15) is 0 Å². The second-order valence-corrected chi connectivity index (χ2v) is 3.00. The van der Waals surface area contributed by atoms with Crippen molar-refractivity contribution in [2.24, 2.45) is 5.92 Å². The summed E-state index contributed by atoms with van der Waals surface area (Å²) in [6, 6.07) is 0. The third-order valence-electron chi connectivity index (χ3n) is 2.16. The van der Waals surface area contributed by atoms with Crippen molar-refractivity contribution < 1.29 is 0 Å². The van der Waals surface area contributed by atoms with Gasteiger partial charge in [-0.3, -0.25) is 0 Å². The molecule has 0 bridgehead atoms. The standard InChI is InChI=1S/C9H21N.2CH4/c1-5-9(4)8-10(6-2)7-3;;/h9H,5-8H2,1-4H3;2*1H4. The minimum absolute atomic E-state index is 0. The molecular formula is C11H29N. The predicted octanol–water partition coefficient (Wildman–Crippen LogP) is 3.65. The van der Waals surface area contributed by atoms with Crippen LogP contribution in [0.25, 0.3) is 0 Å². The van der Waals surface area contributed by atoms with Crippen LogP contribution in [0.2, 0.25) is 0 Å². The molecule has 12 heavy (non-hydrogen) atoms. The van der Waals surface area contributed by atoms with Crippen LogP contribution in [0, 0.1) is 5.92 Å². The molecule has 78 valence electrons. The van der Waals surface area contributed by atoms with E-state index in [0.29, 0.717) is 0 Å². The minimum Gasteiger partial charge on any atom is -0.304 e. The van der Waals surface area contributed by atoms with E-state index in [1.807, 2.05) is 0 Å². The van der Waals surface area contributed by atoms with Gasteiger partial charge in [-0.2, -0.15) is 0 Å². The maximum Gasteiger partial charge on any atom is 0.000668 e. The summed E-state index contributed by atoms with van der Waals surface area (Å²) in [5.41, 5.74) is 0. The van der Waals surface area contributed by atoms with E-state index >= 15 is 0 Å². The summed E-state index contributed by atoms with van der Waals surface area (Å²) in [5.74, 6) is 0.861. The van der Waals surface area contributed by atoms with Crippen molar-refractivity contribution in [3.63, 3.8) is 0 Å². The lowest BCUT2D eigenvalue weighted by Gasteiger charge is -2.21. The number of hydrogen-bond donors (Lipinski definition) is 0. The quantitative estimate of drug-likeness (QED) is 0.616. The van der Waals surface area contributed by atoms with Crippen LogP contribution < -0.4 is 0 Å². The summed E-state index contributed by atoms with van der Waals surface area (Å²) in [6.45, 7) is 12.7. The summed E-state index contributed by atoms with van der Waals surface area (Å²) < 4.78 is 0. The summed E-state index contributed by atoms with van der Waals surface area (Å²) >= 11 is 0. The van der Waals surface area contributed by atoms with Crippen molar-refractivity contribution >= 4 is 0 Å². The Labute approximate surface area is 80.2 Å². The highest BCUT2D eigenvalue weighted by molar-refractivity contribution is 4.57. The molecular weight excluding hydrogens is 146 g/mol. The van der Waals surface area contributed by atoms with Gasteiger partial charge in [0.15, 0.2) is 0 Å². The molecule has 0 spiro atoms. The zero-order chi connectivity index (χ0) is 7.98. The fraction of sp³-hybridized carbons (Fsp3) is 1.00. The SMILES string of the molecule is C.C.CCC(C)CN(CC)CC. The van der Waals surface area contributed by atoms with Gasteiger partial charge in [-0.25, -0.2) is 0 Å². The average molecular weight is 175 g/mol. The highest BCUT2D eigenvalue weighted by Crippen LogP contribution is 2.02. The Morgan fingerprint density at radius 3 is 1.67 bits per heavy atom. The largest absolute Gasteiger partial charge is 0.304 e. The molecule has 0 aromatic rings. The fourth-order valence-corrected chi connectivity index (χ4v) is 1.05. The lowest BCUT2D eigenvalue weighted by molar-refractivity contribution is 0.258. The van der Waals surface area contributed by atoms with Crippen LogP contribution >= 0.6 is 0 Å². The Morgan fingerprint density at radius 2 is 1.42 bits per heavy atom. The Morgan fingerprint density at radius 1 is 1.00 bits per heavy atom. The van der Waals surface area contributed by atoms with Crippen molar-refractivity contribution in [2.75, 3.05) is 19.6 Å². The number of nitrogens with zero attached hydrogens (tertiary/aromatic N) is 1. The monoisotopic (exact) mass is 175 g/mol. The summed E-state index contributed by atoms with van der Waals surface area (Å²) in [5, 5.41) is 0. The molecule has 0 saturated carbocycles. The van der Waals surface area contributed by atoms with E-state index < -0.39 is 0 Å². The predicted molar refractivity (Wildman–Crippen MR) is 60.7 cm³/mol. The third kappa shape index (κ3) is 8.06. The van der Waals surface area contributed by atoms with Gasteiger partial charge >= 0.3 is 0 Å². The Bertz CT molecular complexity index is 67.4. The van der Waals surface area contributed by atoms with Crippen LogP contribution in [0.3, 0.4) is 0 Å². The van der Waals surface area contributed by atoms with Crippen molar-refractivity contribution in [3.05, 3.63) is 0 Å². The Balaban J connectivity index is -0.000000405. The average Bonchev–Trinajstić information content (AvgIpc) is 1.99. The van der Waals surface area contributed by atoms with Gasteiger partial charge in [-0.1, -0.05) is 49.0 Å². The van der Waals surface area contributed by atoms with Crippen molar-refractivity contribution in [2.45, 2.75) is 49.0 Å². The normalized spacial score (nSPS) is 11.8. The Hall–Kier alpha value is -0.0400. The lowest BCUT2D eigenvalue weighted by atomic mass is 10.1. The molecule has 0 heterocycles. The van der Waals surface area contributed by atoms with Crippen LogP contribution in [-0.2, 0) is 0 Å².